The van der Waals surface area contributed by atoms with Gasteiger partial charge in [-0.1, -0.05) is 19.9 Å². The minimum atomic E-state index is -5.70. The maximum absolute atomic E-state index is 13.5. The fourth-order valence-corrected chi connectivity index (χ4v) is 1.23. The van der Waals surface area contributed by atoms with Crippen LogP contribution in [0.2, 0.25) is 0 Å². The largest absolute Gasteiger partial charge is 0.466 e. The number of ether oxygens (including phenoxy) is 1. The van der Waals surface area contributed by atoms with Gasteiger partial charge >= 0.3 is 21.2 Å². The summed E-state index contributed by atoms with van der Waals surface area (Å²) in [6.07, 6.45) is 1.41. The van der Waals surface area contributed by atoms with Crippen LogP contribution in [0.25, 0.3) is 0 Å². The van der Waals surface area contributed by atoms with Crippen LogP contribution < -0.4 is 0 Å². The van der Waals surface area contributed by atoms with Gasteiger partial charge in [0, 0.05) is 0 Å². The summed E-state index contributed by atoms with van der Waals surface area (Å²) >= 11 is 0. The smallest absolute Gasteiger partial charge is 0.366 e. The maximum atomic E-state index is 13.5. The lowest BCUT2D eigenvalue weighted by molar-refractivity contribution is -0.146. The molecule has 1 unspecified atom stereocenters. The number of allylic oxidation sites excluding steroid dienone is 1. The van der Waals surface area contributed by atoms with Crippen LogP contribution in [0.4, 0.5) is 8.28 Å². The molecule has 0 heterocycles. The van der Waals surface area contributed by atoms with E-state index in [4.69, 9.17) is 0 Å². The number of hydrogen-bond donors (Lipinski definition) is 0. The van der Waals surface area contributed by atoms with Crippen molar-refractivity contribution in [3.8, 4) is 0 Å². The Hall–Kier alpha value is -0.980. The van der Waals surface area contributed by atoms with Crippen LogP contribution in [-0.4, -0.2) is 26.5 Å². The second kappa shape index (κ2) is 4.69. The van der Waals surface area contributed by atoms with Gasteiger partial charge in [0.1, 0.15) is 0 Å². The number of hydrogen-bond acceptors (Lipinski definition) is 4. The van der Waals surface area contributed by atoms with E-state index < -0.39 is 21.2 Å². The average molecular weight is 242 g/mol. The first-order chi connectivity index (χ1) is 6.65. The van der Waals surface area contributed by atoms with E-state index in [1.54, 1.807) is 13.8 Å². The molecule has 0 aromatic carbocycles. The van der Waals surface area contributed by atoms with Crippen molar-refractivity contribution in [3.63, 3.8) is 0 Å². The molecule has 15 heavy (non-hydrogen) atoms. The van der Waals surface area contributed by atoms with Gasteiger partial charge in [0.25, 0.3) is 0 Å². The highest BCUT2D eigenvalue weighted by Crippen LogP contribution is 2.25. The molecule has 0 N–H and O–H groups in total. The Morgan fingerprint density at radius 3 is 2.20 bits per heavy atom. The molecule has 7 heteroatoms. The lowest BCUT2D eigenvalue weighted by atomic mass is 10.2. The Morgan fingerprint density at radius 2 is 1.93 bits per heavy atom. The highest BCUT2D eigenvalue weighted by molar-refractivity contribution is 7.88. The molecule has 0 radical (unpaired) electrons. The number of halogens is 2. The first-order valence-corrected chi connectivity index (χ1v) is 5.44. The standard InChI is InChI=1S/C8H12F2O4S/c1-6(2)4-5-8(9,7(11)14-3)15(10,12)13/h4-6H,1-3H3/b5-4+. The summed E-state index contributed by atoms with van der Waals surface area (Å²) in [5.74, 6) is -2.03. The fraction of sp³-hybridized carbons (Fsp3) is 0.625. The summed E-state index contributed by atoms with van der Waals surface area (Å²) in [6, 6.07) is 0. The molecule has 88 valence electrons. The van der Waals surface area contributed by atoms with Crippen molar-refractivity contribution in [2.75, 3.05) is 7.11 Å². The Balaban J connectivity index is 5.34. The van der Waals surface area contributed by atoms with Crippen molar-refractivity contribution in [3.05, 3.63) is 12.2 Å². The van der Waals surface area contributed by atoms with Gasteiger partial charge in [-0.25, -0.2) is 9.18 Å². The van der Waals surface area contributed by atoms with E-state index in [2.05, 4.69) is 4.74 Å². The van der Waals surface area contributed by atoms with Crippen molar-refractivity contribution in [2.24, 2.45) is 5.92 Å². The summed E-state index contributed by atoms with van der Waals surface area (Å²) in [4.78, 5) is 10.8. The maximum Gasteiger partial charge on any atom is 0.366 e. The normalized spacial score (nSPS) is 16.7. The summed E-state index contributed by atoms with van der Waals surface area (Å²) in [7, 11) is -4.93. The topological polar surface area (TPSA) is 60.4 Å². The van der Waals surface area contributed by atoms with Crippen molar-refractivity contribution >= 4 is 16.2 Å². The molecular weight excluding hydrogens is 230 g/mol. The molecule has 4 nitrogen and oxygen atoms in total. The molecule has 0 aliphatic rings. The zero-order valence-electron chi connectivity index (χ0n) is 8.53. The third-order valence-corrected chi connectivity index (χ3v) is 2.53. The summed E-state index contributed by atoms with van der Waals surface area (Å²) in [5.41, 5.74) is 0. The molecule has 0 bridgehead atoms. The molecule has 0 aliphatic carbocycles. The molecular formula is C8H12F2O4S. The average Bonchev–Trinajstić information content (AvgIpc) is 2.10. The van der Waals surface area contributed by atoms with Crippen LogP contribution in [0.15, 0.2) is 12.2 Å². The fourth-order valence-electron chi connectivity index (χ4n) is 0.704. The molecule has 0 rings (SSSR count). The van der Waals surface area contributed by atoms with Gasteiger partial charge in [-0.15, -0.1) is 3.89 Å². The Kier molecular flexibility index (Phi) is 4.39. The summed E-state index contributed by atoms with van der Waals surface area (Å²) in [5, 5.41) is -3.76. The van der Waals surface area contributed by atoms with Crippen LogP contribution in [-0.2, 0) is 19.8 Å². The van der Waals surface area contributed by atoms with Crippen LogP contribution in [0.3, 0.4) is 0 Å². The Labute approximate surface area is 87.1 Å². The summed E-state index contributed by atoms with van der Waals surface area (Å²) < 4.78 is 50.9. The van der Waals surface area contributed by atoms with Gasteiger partial charge in [-0.2, -0.15) is 8.42 Å². The molecule has 0 aromatic rings. The minimum Gasteiger partial charge on any atom is -0.466 e. The SMILES string of the molecule is COC(=O)C(F)(/C=C/C(C)C)S(=O)(=O)F. The first-order valence-electron chi connectivity index (χ1n) is 4.06. The third kappa shape index (κ3) is 3.26. The molecule has 0 aliphatic heterocycles. The summed E-state index contributed by atoms with van der Waals surface area (Å²) in [6.45, 7) is 3.22. The predicted octanol–water partition coefficient (Wildman–Crippen LogP) is 1.34. The third-order valence-electron chi connectivity index (χ3n) is 1.51. The van der Waals surface area contributed by atoms with E-state index >= 15 is 0 Å². The zero-order chi connectivity index (χ0) is 12.3. The molecule has 0 saturated carbocycles. The van der Waals surface area contributed by atoms with Crippen LogP contribution in [0.5, 0.6) is 0 Å². The van der Waals surface area contributed by atoms with Crippen LogP contribution >= 0.6 is 0 Å². The number of methoxy groups -OCH3 is 1. The quantitative estimate of drug-likeness (QED) is 0.424. The highest BCUT2D eigenvalue weighted by atomic mass is 32.3. The van der Waals surface area contributed by atoms with Gasteiger partial charge < -0.3 is 4.74 Å². The lowest BCUT2D eigenvalue weighted by Gasteiger charge is -2.13. The predicted molar refractivity (Wildman–Crippen MR) is 49.9 cm³/mol. The van der Waals surface area contributed by atoms with Gasteiger partial charge in [0.15, 0.2) is 0 Å². The van der Waals surface area contributed by atoms with E-state index in [0.717, 1.165) is 13.2 Å². The van der Waals surface area contributed by atoms with Crippen molar-refractivity contribution in [2.45, 2.75) is 18.8 Å². The number of esters is 1. The van der Waals surface area contributed by atoms with E-state index in [0.29, 0.717) is 6.08 Å². The second-order valence-corrected chi connectivity index (χ2v) is 4.65. The monoisotopic (exact) mass is 242 g/mol. The van der Waals surface area contributed by atoms with Crippen LogP contribution in [0.1, 0.15) is 13.8 Å². The van der Waals surface area contributed by atoms with Gasteiger partial charge in [-0.05, 0) is 12.0 Å². The molecule has 0 fully saturated rings. The second-order valence-electron chi connectivity index (χ2n) is 3.18. The van der Waals surface area contributed by atoms with Gasteiger partial charge in [0.05, 0.1) is 7.11 Å². The number of alkyl halides is 1. The zero-order valence-corrected chi connectivity index (χ0v) is 9.35. The van der Waals surface area contributed by atoms with Crippen LogP contribution in [0, 0.1) is 5.92 Å². The molecule has 0 amide bonds. The van der Waals surface area contributed by atoms with Crippen molar-refractivity contribution in [1.29, 1.82) is 0 Å². The molecule has 0 saturated heterocycles. The van der Waals surface area contributed by atoms with E-state index in [1.165, 1.54) is 0 Å². The highest BCUT2D eigenvalue weighted by Gasteiger charge is 2.51. The molecule has 1 atom stereocenters. The van der Waals surface area contributed by atoms with E-state index in [-0.39, 0.29) is 5.92 Å². The Morgan fingerprint density at radius 1 is 1.47 bits per heavy atom. The lowest BCUT2D eigenvalue weighted by Crippen LogP contribution is -2.39. The molecule has 0 aromatic heterocycles. The van der Waals surface area contributed by atoms with Crippen molar-refractivity contribution < 1.29 is 26.2 Å². The minimum absolute atomic E-state index is 0.230. The molecule has 0 spiro atoms. The van der Waals surface area contributed by atoms with E-state index in [1.807, 2.05) is 0 Å². The first kappa shape index (κ1) is 14.0. The number of carbonyl (C=O) groups excluding carboxylic acids is 1. The Bertz CT molecular complexity index is 361. The van der Waals surface area contributed by atoms with Gasteiger partial charge in [0.2, 0.25) is 0 Å². The van der Waals surface area contributed by atoms with E-state index in [9.17, 15) is 21.5 Å². The number of rotatable bonds is 4. The number of carbonyl (C=O) groups is 1. The van der Waals surface area contributed by atoms with Crippen molar-refractivity contribution in [1.82, 2.24) is 0 Å². The van der Waals surface area contributed by atoms with Gasteiger partial charge in [-0.3, -0.25) is 0 Å².